The van der Waals surface area contributed by atoms with Crippen molar-refractivity contribution in [2.45, 2.75) is 45.1 Å². The fourth-order valence-corrected chi connectivity index (χ4v) is 4.54. The first-order chi connectivity index (χ1) is 10.8. The highest BCUT2D eigenvalue weighted by atomic mass is 15.2. The third kappa shape index (κ3) is 3.21. The van der Waals surface area contributed by atoms with Crippen molar-refractivity contribution in [3.05, 3.63) is 30.1 Å². The second-order valence-electron chi connectivity index (χ2n) is 7.88. The highest BCUT2D eigenvalue weighted by Crippen LogP contribution is 2.41. The van der Waals surface area contributed by atoms with Gasteiger partial charge >= 0.3 is 0 Å². The van der Waals surface area contributed by atoms with E-state index in [-0.39, 0.29) is 0 Å². The minimum atomic E-state index is 0.643. The predicted octanol–water partition coefficient (Wildman–Crippen LogP) is 3.17. The van der Waals surface area contributed by atoms with Gasteiger partial charge in [0.1, 0.15) is 0 Å². The van der Waals surface area contributed by atoms with E-state index in [2.05, 4.69) is 26.9 Å². The molecule has 0 amide bonds. The summed E-state index contributed by atoms with van der Waals surface area (Å²) in [6.45, 7) is 7.67. The molecule has 1 aromatic rings. The Balaban J connectivity index is 1.26. The molecule has 1 aromatic heterocycles. The SMILES string of the molecule is c1ccc(CN2CCC3(CC2)CCN(CC2CCC2)C3)nc1. The average Bonchev–Trinajstić information content (AvgIpc) is 2.90. The van der Waals surface area contributed by atoms with Crippen LogP contribution in [0.1, 0.15) is 44.2 Å². The van der Waals surface area contributed by atoms with Gasteiger partial charge in [0.2, 0.25) is 0 Å². The summed E-state index contributed by atoms with van der Waals surface area (Å²) < 4.78 is 0. The molecule has 0 aromatic carbocycles. The molecule has 1 saturated carbocycles. The van der Waals surface area contributed by atoms with E-state index >= 15 is 0 Å². The van der Waals surface area contributed by atoms with Gasteiger partial charge in [-0.1, -0.05) is 12.5 Å². The molecule has 120 valence electrons. The molecule has 1 aliphatic carbocycles. The normalized spacial score (nSPS) is 26.4. The Morgan fingerprint density at radius 2 is 1.82 bits per heavy atom. The topological polar surface area (TPSA) is 19.4 Å². The Morgan fingerprint density at radius 3 is 2.45 bits per heavy atom. The molecule has 2 aliphatic heterocycles. The van der Waals surface area contributed by atoms with Crippen LogP contribution in [0.2, 0.25) is 0 Å². The number of pyridine rings is 1. The zero-order chi connectivity index (χ0) is 14.8. The summed E-state index contributed by atoms with van der Waals surface area (Å²) in [6, 6.07) is 6.26. The molecule has 3 fully saturated rings. The zero-order valence-corrected chi connectivity index (χ0v) is 13.7. The van der Waals surface area contributed by atoms with Gasteiger partial charge < -0.3 is 4.90 Å². The van der Waals surface area contributed by atoms with Crippen LogP contribution >= 0.6 is 0 Å². The largest absolute Gasteiger partial charge is 0.302 e. The van der Waals surface area contributed by atoms with E-state index in [1.807, 2.05) is 12.3 Å². The maximum atomic E-state index is 4.47. The molecule has 3 heteroatoms. The van der Waals surface area contributed by atoms with Gasteiger partial charge in [0.15, 0.2) is 0 Å². The number of hydrogen-bond donors (Lipinski definition) is 0. The number of nitrogens with zero attached hydrogens (tertiary/aromatic N) is 3. The maximum Gasteiger partial charge on any atom is 0.0543 e. The van der Waals surface area contributed by atoms with Crippen molar-refractivity contribution in [2.24, 2.45) is 11.3 Å². The van der Waals surface area contributed by atoms with E-state index in [4.69, 9.17) is 0 Å². The molecule has 3 aliphatic rings. The van der Waals surface area contributed by atoms with E-state index in [0.29, 0.717) is 5.41 Å². The van der Waals surface area contributed by atoms with Crippen LogP contribution in [0.5, 0.6) is 0 Å². The van der Waals surface area contributed by atoms with Gasteiger partial charge in [0.25, 0.3) is 0 Å². The van der Waals surface area contributed by atoms with Gasteiger partial charge in [-0.15, -0.1) is 0 Å². The third-order valence-electron chi connectivity index (χ3n) is 6.29. The van der Waals surface area contributed by atoms with Crippen LogP contribution in [0.4, 0.5) is 0 Å². The summed E-state index contributed by atoms with van der Waals surface area (Å²) in [5.41, 5.74) is 1.86. The lowest BCUT2D eigenvalue weighted by molar-refractivity contribution is 0.0963. The second-order valence-corrected chi connectivity index (χ2v) is 7.88. The van der Waals surface area contributed by atoms with Crippen molar-refractivity contribution in [1.29, 1.82) is 0 Å². The van der Waals surface area contributed by atoms with E-state index in [9.17, 15) is 0 Å². The van der Waals surface area contributed by atoms with Crippen molar-refractivity contribution >= 4 is 0 Å². The number of piperidine rings is 1. The molecule has 3 nitrogen and oxygen atoms in total. The number of hydrogen-bond acceptors (Lipinski definition) is 3. The first-order valence-electron chi connectivity index (χ1n) is 9.16. The third-order valence-corrected chi connectivity index (χ3v) is 6.29. The van der Waals surface area contributed by atoms with Crippen LogP contribution in [0.25, 0.3) is 0 Å². The lowest BCUT2D eigenvalue weighted by Crippen LogP contribution is -2.42. The van der Waals surface area contributed by atoms with E-state index in [0.717, 1.165) is 12.5 Å². The molecule has 4 rings (SSSR count). The Hall–Kier alpha value is -0.930. The quantitative estimate of drug-likeness (QED) is 0.851. The first-order valence-corrected chi connectivity index (χ1v) is 9.16. The number of rotatable bonds is 4. The van der Waals surface area contributed by atoms with E-state index in [1.165, 1.54) is 76.9 Å². The summed E-state index contributed by atoms with van der Waals surface area (Å²) >= 11 is 0. The predicted molar refractivity (Wildman–Crippen MR) is 89.6 cm³/mol. The van der Waals surface area contributed by atoms with Crippen molar-refractivity contribution in [3.63, 3.8) is 0 Å². The highest BCUT2D eigenvalue weighted by Gasteiger charge is 2.41. The standard InChI is InChI=1S/C19H29N3/c1-2-10-20-18(6-1)15-21-11-7-19(8-12-21)9-13-22(16-19)14-17-4-3-5-17/h1-2,6,10,17H,3-5,7-9,11-16H2. The minimum Gasteiger partial charge on any atom is -0.302 e. The van der Waals surface area contributed by atoms with Crippen LogP contribution < -0.4 is 0 Å². The molecule has 0 bridgehead atoms. The van der Waals surface area contributed by atoms with Gasteiger partial charge in [-0.3, -0.25) is 9.88 Å². The Bertz CT molecular complexity index is 475. The maximum absolute atomic E-state index is 4.47. The molecule has 0 unspecified atom stereocenters. The van der Waals surface area contributed by atoms with Crippen LogP contribution in [0, 0.1) is 11.3 Å². The molecule has 0 N–H and O–H groups in total. The van der Waals surface area contributed by atoms with Gasteiger partial charge in [-0.2, -0.15) is 0 Å². The fraction of sp³-hybridized carbons (Fsp3) is 0.737. The van der Waals surface area contributed by atoms with E-state index in [1.54, 1.807) is 0 Å². The molecule has 0 radical (unpaired) electrons. The summed E-state index contributed by atoms with van der Waals surface area (Å²) in [5.74, 6) is 1.03. The van der Waals surface area contributed by atoms with Crippen molar-refractivity contribution in [2.75, 3.05) is 32.7 Å². The van der Waals surface area contributed by atoms with Crippen LogP contribution in [-0.4, -0.2) is 47.5 Å². The van der Waals surface area contributed by atoms with Crippen LogP contribution in [0.3, 0.4) is 0 Å². The smallest absolute Gasteiger partial charge is 0.0543 e. The second kappa shape index (κ2) is 6.29. The Labute approximate surface area is 134 Å². The summed E-state index contributed by atoms with van der Waals surface area (Å²) in [6.07, 6.45) is 10.6. The first kappa shape index (κ1) is 14.6. The summed E-state index contributed by atoms with van der Waals surface area (Å²) in [7, 11) is 0. The van der Waals surface area contributed by atoms with Crippen LogP contribution in [-0.2, 0) is 6.54 Å². The molecule has 22 heavy (non-hydrogen) atoms. The lowest BCUT2D eigenvalue weighted by atomic mass is 9.77. The molecule has 1 spiro atoms. The summed E-state index contributed by atoms with van der Waals surface area (Å²) in [4.78, 5) is 9.85. The lowest BCUT2D eigenvalue weighted by Gasteiger charge is -2.39. The van der Waals surface area contributed by atoms with Gasteiger partial charge in [0.05, 0.1) is 5.69 Å². The monoisotopic (exact) mass is 299 g/mol. The fourth-order valence-electron chi connectivity index (χ4n) is 4.54. The zero-order valence-electron chi connectivity index (χ0n) is 13.7. The molecule has 3 heterocycles. The molecular formula is C19H29N3. The molecular weight excluding hydrogens is 270 g/mol. The van der Waals surface area contributed by atoms with Gasteiger partial charge in [0, 0.05) is 25.8 Å². The minimum absolute atomic E-state index is 0.643. The Kier molecular flexibility index (Phi) is 4.19. The van der Waals surface area contributed by atoms with Gasteiger partial charge in [-0.05, 0) is 75.2 Å². The number of likely N-dealkylation sites (tertiary alicyclic amines) is 2. The summed E-state index contributed by atoms with van der Waals surface area (Å²) in [5, 5.41) is 0. The Morgan fingerprint density at radius 1 is 1.05 bits per heavy atom. The van der Waals surface area contributed by atoms with Gasteiger partial charge in [-0.25, -0.2) is 0 Å². The van der Waals surface area contributed by atoms with Crippen molar-refractivity contribution in [3.8, 4) is 0 Å². The van der Waals surface area contributed by atoms with Crippen LogP contribution in [0.15, 0.2) is 24.4 Å². The molecule has 2 saturated heterocycles. The molecule has 0 atom stereocenters. The highest BCUT2D eigenvalue weighted by molar-refractivity contribution is 5.04. The average molecular weight is 299 g/mol. The van der Waals surface area contributed by atoms with Crippen molar-refractivity contribution in [1.82, 2.24) is 14.8 Å². The number of aromatic nitrogens is 1. The van der Waals surface area contributed by atoms with E-state index < -0.39 is 0 Å². The van der Waals surface area contributed by atoms with Crippen molar-refractivity contribution < 1.29 is 0 Å².